The SMILES string of the molecule is C=C1[C@@H](OC(C)=O)C[C@H]2[C@@H]3CC[C@H](C)C12CC3(C)C. The highest BCUT2D eigenvalue weighted by atomic mass is 16.5. The molecule has 0 spiro atoms. The summed E-state index contributed by atoms with van der Waals surface area (Å²) < 4.78 is 5.54. The Balaban J connectivity index is 1.98. The van der Waals surface area contributed by atoms with E-state index in [1.807, 2.05) is 0 Å². The summed E-state index contributed by atoms with van der Waals surface area (Å²) in [5.74, 6) is 1.98. The number of rotatable bonds is 1. The largest absolute Gasteiger partial charge is 0.458 e. The lowest BCUT2D eigenvalue weighted by Gasteiger charge is -2.42. The summed E-state index contributed by atoms with van der Waals surface area (Å²) in [5.41, 5.74) is 1.88. The van der Waals surface area contributed by atoms with Crippen LogP contribution >= 0.6 is 0 Å². The minimum atomic E-state index is -0.163. The molecule has 3 rings (SSSR count). The lowest BCUT2D eigenvalue weighted by atomic mass is 9.62. The van der Waals surface area contributed by atoms with Crippen molar-refractivity contribution in [1.82, 2.24) is 0 Å². The van der Waals surface area contributed by atoms with Crippen molar-refractivity contribution in [2.75, 3.05) is 0 Å². The highest BCUT2D eigenvalue weighted by Gasteiger charge is 2.66. The van der Waals surface area contributed by atoms with Crippen molar-refractivity contribution in [2.24, 2.45) is 28.6 Å². The summed E-state index contributed by atoms with van der Waals surface area (Å²) in [4.78, 5) is 11.3. The molecule has 0 heterocycles. The second-order valence-electron chi connectivity index (χ2n) is 7.76. The Hall–Kier alpha value is -0.790. The zero-order valence-corrected chi connectivity index (χ0v) is 12.7. The summed E-state index contributed by atoms with van der Waals surface area (Å²) in [5, 5.41) is 0. The van der Waals surface area contributed by atoms with Gasteiger partial charge < -0.3 is 4.74 Å². The van der Waals surface area contributed by atoms with E-state index in [-0.39, 0.29) is 17.5 Å². The monoisotopic (exact) mass is 262 g/mol. The van der Waals surface area contributed by atoms with Gasteiger partial charge in [-0.2, -0.15) is 0 Å². The molecule has 5 atom stereocenters. The second-order valence-corrected chi connectivity index (χ2v) is 7.76. The Morgan fingerprint density at radius 1 is 1.32 bits per heavy atom. The topological polar surface area (TPSA) is 26.3 Å². The van der Waals surface area contributed by atoms with E-state index in [1.165, 1.54) is 31.8 Å². The summed E-state index contributed by atoms with van der Waals surface area (Å²) in [6.07, 6.45) is 4.85. The zero-order chi connectivity index (χ0) is 14.0. The van der Waals surface area contributed by atoms with Crippen molar-refractivity contribution < 1.29 is 9.53 Å². The molecule has 3 fully saturated rings. The van der Waals surface area contributed by atoms with Gasteiger partial charge in [-0.3, -0.25) is 4.79 Å². The molecule has 2 nitrogen and oxygen atoms in total. The molecule has 0 aromatic heterocycles. The normalized spacial score (nSPS) is 47.1. The molecule has 0 aromatic rings. The van der Waals surface area contributed by atoms with E-state index in [0.29, 0.717) is 17.3 Å². The molecule has 0 aromatic carbocycles. The number of esters is 1. The lowest BCUT2D eigenvalue weighted by molar-refractivity contribution is -0.144. The molecule has 3 aliphatic carbocycles. The maximum atomic E-state index is 11.3. The molecular formula is C17H26O2. The van der Waals surface area contributed by atoms with Gasteiger partial charge in [-0.05, 0) is 54.4 Å². The first-order chi connectivity index (χ1) is 8.79. The average molecular weight is 262 g/mol. The first-order valence-corrected chi connectivity index (χ1v) is 7.65. The Morgan fingerprint density at radius 2 is 2.00 bits per heavy atom. The summed E-state index contributed by atoms with van der Waals surface area (Å²) in [7, 11) is 0. The van der Waals surface area contributed by atoms with Crippen LogP contribution in [-0.2, 0) is 9.53 Å². The van der Waals surface area contributed by atoms with E-state index in [4.69, 9.17) is 4.74 Å². The molecule has 3 aliphatic rings. The van der Waals surface area contributed by atoms with Gasteiger partial charge in [-0.25, -0.2) is 0 Å². The molecule has 0 amide bonds. The quantitative estimate of drug-likeness (QED) is 0.528. The highest BCUT2D eigenvalue weighted by Crippen LogP contribution is 2.72. The standard InChI is InChI=1S/C17H26O2/c1-10-6-7-13-14-8-15(19-12(3)18)11(2)17(10,14)9-16(13,4)5/h10,13-15H,2,6-9H2,1,3-5H3/t10-,13-,14-,15-,17?/m0/s1. The van der Waals surface area contributed by atoms with Gasteiger partial charge in [0.15, 0.2) is 0 Å². The number of ether oxygens (including phenoxy) is 1. The van der Waals surface area contributed by atoms with Crippen LogP contribution in [0.2, 0.25) is 0 Å². The number of carbonyl (C=O) groups excluding carboxylic acids is 1. The van der Waals surface area contributed by atoms with Gasteiger partial charge in [0.25, 0.3) is 0 Å². The van der Waals surface area contributed by atoms with Gasteiger partial charge in [0.05, 0.1) is 0 Å². The van der Waals surface area contributed by atoms with Crippen LogP contribution in [0.15, 0.2) is 12.2 Å². The number of hydrogen-bond donors (Lipinski definition) is 0. The third-order valence-corrected chi connectivity index (χ3v) is 6.45. The van der Waals surface area contributed by atoms with Crippen LogP contribution < -0.4 is 0 Å². The molecular weight excluding hydrogens is 236 g/mol. The lowest BCUT2D eigenvalue weighted by Crippen LogP contribution is -2.36. The molecule has 3 saturated carbocycles. The maximum absolute atomic E-state index is 11.3. The van der Waals surface area contributed by atoms with Crippen molar-refractivity contribution >= 4 is 5.97 Å². The van der Waals surface area contributed by atoms with E-state index in [0.717, 1.165) is 12.3 Å². The van der Waals surface area contributed by atoms with E-state index in [9.17, 15) is 4.79 Å². The minimum absolute atomic E-state index is 0.0263. The Labute approximate surface area is 116 Å². The van der Waals surface area contributed by atoms with Crippen molar-refractivity contribution in [1.29, 1.82) is 0 Å². The van der Waals surface area contributed by atoms with Gasteiger partial charge in [0, 0.05) is 12.3 Å². The number of carbonyl (C=O) groups is 1. The summed E-state index contributed by atoms with van der Waals surface area (Å²) in [6.45, 7) is 13.1. The van der Waals surface area contributed by atoms with Gasteiger partial charge in [0.2, 0.25) is 0 Å². The fraction of sp³-hybridized carbons (Fsp3) is 0.824. The zero-order valence-electron chi connectivity index (χ0n) is 12.7. The predicted octanol–water partition coefficient (Wildman–Crippen LogP) is 3.96. The molecule has 0 aliphatic heterocycles. The van der Waals surface area contributed by atoms with E-state index < -0.39 is 0 Å². The summed E-state index contributed by atoms with van der Waals surface area (Å²) in [6, 6.07) is 0. The third-order valence-electron chi connectivity index (χ3n) is 6.45. The fourth-order valence-corrected chi connectivity index (χ4v) is 5.77. The smallest absolute Gasteiger partial charge is 0.303 e. The van der Waals surface area contributed by atoms with Crippen LogP contribution in [0.5, 0.6) is 0 Å². The molecule has 2 bridgehead atoms. The molecule has 0 saturated heterocycles. The van der Waals surface area contributed by atoms with E-state index >= 15 is 0 Å². The molecule has 106 valence electrons. The number of hydrogen-bond acceptors (Lipinski definition) is 2. The van der Waals surface area contributed by atoms with Gasteiger partial charge in [0.1, 0.15) is 6.10 Å². The predicted molar refractivity (Wildman–Crippen MR) is 75.5 cm³/mol. The van der Waals surface area contributed by atoms with E-state index in [2.05, 4.69) is 27.4 Å². The van der Waals surface area contributed by atoms with Crippen molar-refractivity contribution in [3.05, 3.63) is 12.2 Å². The van der Waals surface area contributed by atoms with Crippen LogP contribution in [0.1, 0.15) is 53.4 Å². The van der Waals surface area contributed by atoms with Gasteiger partial charge in [-0.15, -0.1) is 0 Å². The van der Waals surface area contributed by atoms with Crippen molar-refractivity contribution in [2.45, 2.75) is 59.5 Å². The minimum Gasteiger partial charge on any atom is -0.458 e. The first kappa shape index (κ1) is 13.2. The summed E-state index contributed by atoms with van der Waals surface area (Å²) >= 11 is 0. The van der Waals surface area contributed by atoms with E-state index in [1.54, 1.807) is 0 Å². The average Bonchev–Trinajstić information content (AvgIpc) is 2.62. The van der Waals surface area contributed by atoms with Gasteiger partial charge in [-0.1, -0.05) is 27.4 Å². The third kappa shape index (κ3) is 1.58. The molecule has 0 N–H and O–H groups in total. The Bertz CT molecular complexity index is 437. The highest BCUT2D eigenvalue weighted by molar-refractivity contribution is 5.66. The van der Waals surface area contributed by atoms with Crippen LogP contribution in [-0.4, -0.2) is 12.1 Å². The molecule has 2 heteroatoms. The Kier molecular flexibility index (Phi) is 2.69. The Morgan fingerprint density at radius 3 is 2.58 bits per heavy atom. The van der Waals surface area contributed by atoms with Crippen molar-refractivity contribution in [3.8, 4) is 0 Å². The van der Waals surface area contributed by atoms with Crippen LogP contribution in [0.4, 0.5) is 0 Å². The maximum Gasteiger partial charge on any atom is 0.303 e. The molecule has 19 heavy (non-hydrogen) atoms. The molecule has 0 radical (unpaired) electrons. The fourth-order valence-electron chi connectivity index (χ4n) is 5.77. The van der Waals surface area contributed by atoms with Gasteiger partial charge >= 0.3 is 5.97 Å². The van der Waals surface area contributed by atoms with Crippen LogP contribution in [0, 0.1) is 28.6 Å². The van der Waals surface area contributed by atoms with Crippen LogP contribution in [0.25, 0.3) is 0 Å². The molecule has 1 unspecified atom stereocenters. The van der Waals surface area contributed by atoms with Crippen molar-refractivity contribution in [3.63, 3.8) is 0 Å². The second kappa shape index (κ2) is 3.86. The van der Waals surface area contributed by atoms with Crippen LogP contribution in [0.3, 0.4) is 0 Å². The first-order valence-electron chi connectivity index (χ1n) is 7.65.